The molecule has 3 rings (SSSR count). The van der Waals surface area contributed by atoms with Gasteiger partial charge in [0.15, 0.2) is 0 Å². The molecule has 0 saturated carbocycles. The van der Waals surface area contributed by atoms with Gasteiger partial charge in [0.1, 0.15) is 0 Å². The molecule has 2 aliphatic rings. The quantitative estimate of drug-likeness (QED) is 0.686. The van der Waals surface area contributed by atoms with E-state index in [0.29, 0.717) is 6.04 Å². The molecule has 1 unspecified atom stereocenters. The zero-order valence-electron chi connectivity index (χ0n) is 17.0. The predicted octanol–water partition coefficient (Wildman–Crippen LogP) is 1.44. The second kappa shape index (κ2) is 10.2. The number of carbonyl (C=O) groups excluding carboxylic acids is 1. The Balaban J connectivity index is 1.49. The maximum absolute atomic E-state index is 12.3. The third-order valence-corrected chi connectivity index (χ3v) is 5.72. The number of amides is 1. The van der Waals surface area contributed by atoms with Gasteiger partial charge >= 0.3 is 0 Å². The fourth-order valence-corrected chi connectivity index (χ4v) is 4.23. The summed E-state index contributed by atoms with van der Waals surface area (Å²) in [7, 11) is 0. The molecule has 0 spiro atoms. The first-order valence-electron chi connectivity index (χ1n) is 10.5. The number of hydrogen-bond donors (Lipinski definition) is 0. The van der Waals surface area contributed by atoms with Crippen LogP contribution in [-0.2, 0) is 22.6 Å². The van der Waals surface area contributed by atoms with E-state index >= 15 is 0 Å². The highest BCUT2D eigenvalue weighted by Gasteiger charge is 2.27. The van der Waals surface area contributed by atoms with Crippen molar-refractivity contribution in [2.75, 3.05) is 52.5 Å². The van der Waals surface area contributed by atoms with Gasteiger partial charge in [-0.05, 0) is 32.7 Å². The predicted molar refractivity (Wildman–Crippen MR) is 105 cm³/mol. The lowest BCUT2D eigenvalue weighted by molar-refractivity contribution is -0.132. The molecule has 1 aromatic heterocycles. The monoisotopic (exact) mass is 377 g/mol. The smallest absolute Gasteiger partial charge is 0.219 e. The van der Waals surface area contributed by atoms with Crippen LogP contribution in [0.5, 0.6) is 0 Å². The van der Waals surface area contributed by atoms with Crippen molar-refractivity contribution in [2.45, 2.75) is 52.2 Å². The Morgan fingerprint density at radius 1 is 1.30 bits per heavy atom. The van der Waals surface area contributed by atoms with E-state index in [1.807, 2.05) is 10.9 Å². The van der Waals surface area contributed by atoms with Crippen LogP contribution in [0.3, 0.4) is 0 Å². The molecule has 0 radical (unpaired) electrons. The first-order chi connectivity index (χ1) is 13.2. The Labute approximate surface area is 163 Å². The van der Waals surface area contributed by atoms with Crippen LogP contribution in [0.1, 0.15) is 38.7 Å². The van der Waals surface area contributed by atoms with Gasteiger partial charge in [-0.3, -0.25) is 19.3 Å². The summed E-state index contributed by atoms with van der Waals surface area (Å²) >= 11 is 0. The van der Waals surface area contributed by atoms with E-state index in [1.54, 1.807) is 6.92 Å². The van der Waals surface area contributed by atoms with Crippen molar-refractivity contribution in [3.8, 4) is 0 Å². The highest BCUT2D eigenvalue weighted by molar-refractivity contribution is 5.73. The van der Waals surface area contributed by atoms with Crippen LogP contribution >= 0.6 is 0 Å². The zero-order valence-corrected chi connectivity index (χ0v) is 17.0. The molecule has 27 heavy (non-hydrogen) atoms. The number of nitrogens with zero attached hydrogens (tertiary/aromatic N) is 5. The number of carbonyl (C=O) groups is 1. The maximum atomic E-state index is 12.3. The van der Waals surface area contributed by atoms with E-state index in [-0.39, 0.29) is 5.91 Å². The van der Waals surface area contributed by atoms with Crippen molar-refractivity contribution in [1.82, 2.24) is 24.5 Å². The molecular formula is C20H35N5O2. The topological polar surface area (TPSA) is 53.8 Å². The molecule has 2 fully saturated rings. The highest BCUT2D eigenvalue weighted by Crippen LogP contribution is 2.19. The van der Waals surface area contributed by atoms with Gasteiger partial charge < -0.3 is 9.64 Å². The summed E-state index contributed by atoms with van der Waals surface area (Å²) in [4.78, 5) is 19.3. The summed E-state index contributed by atoms with van der Waals surface area (Å²) in [6.45, 7) is 13.4. The van der Waals surface area contributed by atoms with Gasteiger partial charge in [0.25, 0.3) is 0 Å². The Hall–Kier alpha value is -1.44. The van der Waals surface area contributed by atoms with Crippen molar-refractivity contribution >= 4 is 5.91 Å². The van der Waals surface area contributed by atoms with Crippen LogP contribution in [0.2, 0.25) is 0 Å². The van der Waals surface area contributed by atoms with Gasteiger partial charge in [0.2, 0.25) is 5.91 Å². The standard InChI is InChI=1S/C20H35N5O2/c1-3-24-16-19(14-21-24)15-23-7-4-6-20(17-23)25(18(2)26)9-5-8-22-10-12-27-13-11-22/h14,16,20H,3-13,15,17H2,1-2H3. The van der Waals surface area contributed by atoms with E-state index in [2.05, 4.69) is 32.9 Å². The maximum Gasteiger partial charge on any atom is 0.219 e. The minimum atomic E-state index is 0.211. The number of likely N-dealkylation sites (tertiary alicyclic amines) is 1. The van der Waals surface area contributed by atoms with Crippen LogP contribution in [0.4, 0.5) is 0 Å². The third-order valence-electron chi connectivity index (χ3n) is 5.72. The number of morpholine rings is 1. The Morgan fingerprint density at radius 3 is 2.81 bits per heavy atom. The lowest BCUT2D eigenvalue weighted by Crippen LogP contribution is -2.50. The lowest BCUT2D eigenvalue weighted by atomic mass is 10.0. The summed E-state index contributed by atoms with van der Waals surface area (Å²) in [5, 5.41) is 4.38. The van der Waals surface area contributed by atoms with E-state index in [0.717, 1.165) is 84.8 Å². The molecule has 1 amide bonds. The molecule has 152 valence electrons. The normalized spacial score (nSPS) is 22.1. The van der Waals surface area contributed by atoms with Gasteiger partial charge in [-0.2, -0.15) is 5.10 Å². The summed E-state index contributed by atoms with van der Waals surface area (Å²) in [6, 6.07) is 0.335. The van der Waals surface area contributed by atoms with Gasteiger partial charge in [0, 0.05) is 70.5 Å². The van der Waals surface area contributed by atoms with Crippen LogP contribution < -0.4 is 0 Å². The molecule has 7 nitrogen and oxygen atoms in total. The van der Waals surface area contributed by atoms with E-state index in [1.165, 1.54) is 5.56 Å². The SMILES string of the molecule is CCn1cc(CN2CCCC(N(CCCN3CCOCC3)C(C)=O)C2)cn1. The van der Waals surface area contributed by atoms with Crippen molar-refractivity contribution in [2.24, 2.45) is 0 Å². The lowest BCUT2D eigenvalue weighted by Gasteiger charge is -2.39. The van der Waals surface area contributed by atoms with Crippen molar-refractivity contribution < 1.29 is 9.53 Å². The molecule has 2 aliphatic heterocycles. The van der Waals surface area contributed by atoms with Crippen LogP contribution in [0, 0.1) is 0 Å². The van der Waals surface area contributed by atoms with E-state index in [4.69, 9.17) is 4.74 Å². The van der Waals surface area contributed by atoms with Gasteiger partial charge in [-0.15, -0.1) is 0 Å². The van der Waals surface area contributed by atoms with Crippen molar-refractivity contribution in [3.05, 3.63) is 18.0 Å². The van der Waals surface area contributed by atoms with Crippen LogP contribution in [0.15, 0.2) is 12.4 Å². The number of hydrogen-bond acceptors (Lipinski definition) is 5. The summed E-state index contributed by atoms with van der Waals surface area (Å²) < 4.78 is 7.39. The zero-order chi connectivity index (χ0) is 19.1. The first-order valence-corrected chi connectivity index (χ1v) is 10.5. The fraction of sp³-hybridized carbons (Fsp3) is 0.800. The number of piperidine rings is 1. The van der Waals surface area contributed by atoms with Gasteiger partial charge in [0.05, 0.1) is 19.4 Å². The first kappa shape index (κ1) is 20.3. The van der Waals surface area contributed by atoms with Crippen molar-refractivity contribution in [1.29, 1.82) is 0 Å². The minimum absolute atomic E-state index is 0.211. The molecule has 3 heterocycles. The molecule has 7 heteroatoms. The second-order valence-electron chi connectivity index (χ2n) is 7.76. The summed E-state index contributed by atoms with van der Waals surface area (Å²) in [6.07, 6.45) is 7.41. The van der Waals surface area contributed by atoms with E-state index in [9.17, 15) is 4.79 Å². The minimum Gasteiger partial charge on any atom is -0.379 e. The van der Waals surface area contributed by atoms with Crippen LogP contribution in [-0.4, -0.2) is 88.9 Å². The fourth-order valence-electron chi connectivity index (χ4n) is 4.23. The second-order valence-corrected chi connectivity index (χ2v) is 7.76. The summed E-state index contributed by atoms with van der Waals surface area (Å²) in [5.74, 6) is 0.211. The number of rotatable bonds is 8. The molecule has 0 N–H and O–H groups in total. The van der Waals surface area contributed by atoms with Gasteiger partial charge in [-0.1, -0.05) is 0 Å². The molecule has 2 saturated heterocycles. The average Bonchev–Trinajstić information content (AvgIpc) is 3.13. The Bertz CT molecular complexity index is 585. The largest absolute Gasteiger partial charge is 0.379 e. The molecule has 0 aliphatic carbocycles. The Morgan fingerprint density at radius 2 is 2.11 bits per heavy atom. The number of ether oxygens (including phenoxy) is 1. The number of aryl methyl sites for hydroxylation is 1. The molecule has 0 aromatic carbocycles. The average molecular weight is 378 g/mol. The summed E-state index contributed by atoms with van der Waals surface area (Å²) in [5.41, 5.74) is 1.26. The van der Waals surface area contributed by atoms with Crippen molar-refractivity contribution in [3.63, 3.8) is 0 Å². The molecule has 0 bridgehead atoms. The van der Waals surface area contributed by atoms with E-state index < -0.39 is 0 Å². The molecule has 1 aromatic rings. The molecule has 1 atom stereocenters. The van der Waals surface area contributed by atoms with Gasteiger partial charge in [-0.25, -0.2) is 0 Å². The number of aromatic nitrogens is 2. The Kier molecular flexibility index (Phi) is 7.67. The highest BCUT2D eigenvalue weighted by atomic mass is 16.5. The van der Waals surface area contributed by atoms with Crippen LogP contribution in [0.25, 0.3) is 0 Å². The third kappa shape index (κ3) is 6.02. The molecular weight excluding hydrogens is 342 g/mol.